The molecular formula is C14H10N2. The van der Waals surface area contributed by atoms with Gasteiger partial charge in [-0.15, -0.1) is 0 Å². The van der Waals surface area contributed by atoms with Gasteiger partial charge < -0.3 is 0 Å². The molecule has 0 aliphatic heterocycles. The number of aromatic nitrogens is 2. The lowest BCUT2D eigenvalue weighted by Gasteiger charge is -2.03. The highest BCUT2D eigenvalue weighted by Crippen LogP contribution is 2.42. The smallest absolute Gasteiger partial charge is 0.0971 e. The van der Waals surface area contributed by atoms with Crippen LogP contribution in [-0.2, 0) is 0 Å². The lowest BCUT2D eigenvalue weighted by Crippen LogP contribution is -1.86. The monoisotopic (exact) mass is 206 g/mol. The fourth-order valence-corrected chi connectivity index (χ4v) is 2.15. The number of fused-ring (bicyclic) bond motifs is 3. The normalized spacial score (nSPS) is 12.1. The van der Waals surface area contributed by atoms with E-state index in [9.17, 15) is 0 Å². The largest absolute Gasteiger partial charge is 0.252 e. The van der Waals surface area contributed by atoms with Crippen molar-refractivity contribution in [2.45, 2.75) is 0 Å². The van der Waals surface area contributed by atoms with Gasteiger partial charge in [-0.1, -0.05) is 37.4 Å². The molecule has 0 amide bonds. The predicted octanol–water partition coefficient (Wildman–Crippen LogP) is 3.16. The molecule has 0 unspecified atom stereocenters. The van der Waals surface area contributed by atoms with E-state index < -0.39 is 0 Å². The van der Waals surface area contributed by atoms with Gasteiger partial charge in [0.1, 0.15) is 0 Å². The quantitative estimate of drug-likeness (QED) is 0.611. The van der Waals surface area contributed by atoms with Gasteiger partial charge in [0, 0.05) is 23.5 Å². The molecule has 0 saturated carbocycles. The van der Waals surface area contributed by atoms with Gasteiger partial charge in [-0.25, -0.2) is 0 Å². The van der Waals surface area contributed by atoms with Gasteiger partial charge >= 0.3 is 0 Å². The van der Waals surface area contributed by atoms with Gasteiger partial charge in [-0.3, -0.25) is 9.97 Å². The van der Waals surface area contributed by atoms with Crippen molar-refractivity contribution in [1.29, 1.82) is 0 Å². The second-order valence-corrected chi connectivity index (χ2v) is 3.71. The molecule has 0 atom stereocenters. The third kappa shape index (κ3) is 1.01. The third-order valence-electron chi connectivity index (χ3n) is 2.86. The minimum absolute atomic E-state index is 0.881. The van der Waals surface area contributed by atoms with Crippen LogP contribution in [0.15, 0.2) is 43.8 Å². The molecule has 0 saturated heterocycles. The van der Waals surface area contributed by atoms with Crippen molar-refractivity contribution in [3.8, 4) is 11.3 Å². The molecule has 0 spiro atoms. The second-order valence-electron chi connectivity index (χ2n) is 3.71. The van der Waals surface area contributed by atoms with Gasteiger partial charge in [-0.05, 0) is 11.1 Å². The van der Waals surface area contributed by atoms with Crippen molar-refractivity contribution in [2.75, 3.05) is 0 Å². The number of hydrogen-bond acceptors (Lipinski definition) is 2. The molecule has 0 N–H and O–H groups in total. The molecule has 1 aromatic carbocycles. The zero-order chi connectivity index (χ0) is 11.1. The molecule has 1 heterocycles. The Hall–Kier alpha value is -2.22. The molecule has 2 heteroatoms. The second kappa shape index (κ2) is 3.14. The lowest BCUT2D eigenvalue weighted by atomic mass is 10.0. The Morgan fingerprint density at radius 1 is 1.06 bits per heavy atom. The first-order valence-corrected chi connectivity index (χ1v) is 5.09. The molecule has 0 radical (unpaired) electrons. The average Bonchev–Trinajstić information content (AvgIpc) is 2.64. The molecule has 16 heavy (non-hydrogen) atoms. The van der Waals surface area contributed by atoms with Crippen LogP contribution in [0.3, 0.4) is 0 Å². The van der Waals surface area contributed by atoms with E-state index in [0.717, 1.165) is 33.7 Å². The zero-order valence-electron chi connectivity index (χ0n) is 8.77. The minimum atomic E-state index is 0.881. The Balaban J connectivity index is 2.41. The standard InChI is InChI=1S/C14H10N2/c1-3-10-5-4-6-11-12(10)9(2)13-14(11)16-8-7-15-13/h3-8H,1-2H2. The van der Waals surface area contributed by atoms with E-state index in [1.807, 2.05) is 24.3 Å². The molecule has 1 aliphatic rings. The molecule has 76 valence electrons. The van der Waals surface area contributed by atoms with E-state index in [1.165, 1.54) is 0 Å². The maximum Gasteiger partial charge on any atom is 0.0971 e. The van der Waals surface area contributed by atoms with Crippen molar-refractivity contribution < 1.29 is 0 Å². The highest BCUT2D eigenvalue weighted by atomic mass is 14.8. The summed E-state index contributed by atoms with van der Waals surface area (Å²) in [6, 6.07) is 6.09. The minimum Gasteiger partial charge on any atom is -0.252 e. The van der Waals surface area contributed by atoms with Gasteiger partial charge in [0.2, 0.25) is 0 Å². The average molecular weight is 206 g/mol. The zero-order valence-corrected chi connectivity index (χ0v) is 8.77. The molecule has 1 aliphatic carbocycles. The number of benzene rings is 1. The first-order chi connectivity index (χ1) is 7.83. The summed E-state index contributed by atoms with van der Waals surface area (Å²) in [6.07, 6.45) is 5.25. The van der Waals surface area contributed by atoms with E-state index >= 15 is 0 Å². The Morgan fingerprint density at radius 3 is 2.56 bits per heavy atom. The fraction of sp³-hybridized carbons (Fsp3) is 0. The molecule has 3 rings (SSSR count). The molecule has 2 aromatic rings. The lowest BCUT2D eigenvalue weighted by molar-refractivity contribution is 1.19. The van der Waals surface area contributed by atoms with Crippen LogP contribution >= 0.6 is 0 Å². The summed E-state index contributed by atoms with van der Waals surface area (Å²) in [5.74, 6) is 0. The Labute approximate surface area is 94.0 Å². The highest BCUT2D eigenvalue weighted by Gasteiger charge is 2.25. The van der Waals surface area contributed by atoms with Crippen molar-refractivity contribution in [1.82, 2.24) is 9.97 Å². The van der Waals surface area contributed by atoms with E-state index in [2.05, 4.69) is 23.1 Å². The third-order valence-corrected chi connectivity index (χ3v) is 2.86. The van der Waals surface area contributed by atoms with Crippen LogP contribution in [0, 0.1) is 0 Å². The molecule has 0 fully saturated rings. The summed E-state index contributed by atoms with van der Waals surface area (Å²) >= 11 is 0. The fourth-order valence-electron chi connectivity index (χ4n) is 2.15. The van der Waals surface area contributed by atoms with Crippen LogP contribution in [0.25, 0.3) is 22.9 Å². The first-order valence-electron chi connectivity index (χ1n) is 5.09. The van der Waals surface area contributed by atoms with E-state index in [1.54, 1.807) is 12.4 Å². The molecule has 1 aromatic heterocycles. The van der Waals surface area contributed by atoms with E-state index in [-0.39, 0.29) is 0 Å². The number of hydrogen-bond donors (Lipinski definition) is 0. The van der Waals surface area contributed by atoms with Crippen molar-refractivity contribution in [2.24, 2.45) is 0 Å². The SMILES string of the molecule is C=Cc1cccc2c1C(=C)c1nccnc1-2. The summed E-state index contributed by atoms with van der Waals surface area (Å²) in [5, 5.41) is 0. The maximum absolute atomic E-state index is 4.37. The van der Waals surface area contributed by atoms with Crippen LogP contribution in [0.2, 0.25) is 0 Å². The summed E-state index contributed by atoms with van der Waals surface area (Å²) in [5.41, 5.74) is 6.04. The van der Waals surface area contributed by atoms with Crippen LogP contribution in [0.1, 0.15) is 16.8 Å². The van der Waals surface area contributed by atoms with Gasteiger partial charge in [0.15, 0.2) is 0 Å². The van der Waals surface area contributed by atoms with E-state index in [4.69, 9.17) is 0 Å². The molecule has 0 bridgehead atoms. The van der Waals surface area contributed by atoms with Gasteiger partial charge in [0.25, 0.3) is 0 Å². The Kier molecular flexibility index (Phi) is 1.77. The summed E-state index contributed by atoms with van der Waals surface area (Å²) < 4.78 is 0. The molecular weight excluding hydrogens is 196 g/mol. The summed E-state index contributed by atoms with van der Waals surface area (Å²) in [6.45, 7) is 7.92. The van der Waals surface area contributed by atoms with Crippen LogP contribution in [-0.4, -0.2) is 9.97 Å². The van der Waals surface area contributed by atoms with Crippen LogP contribution in [0.4, 0.5) is 0 Å². The predicted molar refractivity (Wildman–Crippen MR) is 65.7 cm³/mol. The van der Waals surface area contributed by atoms with Crippen LogP contribution < -0.4 is 0 Å². The summed E-state index contributed by atoms with van der Waals surface area (Å²) in [4.78, 5) is 8.70. The van der Waals surface area contributed by atoms with Crippen molar-refractivity contribution in [3.63, 3.8) is 0 Å². The van der Waals surface area contributed by atoms with Crippen LogP contribution in [0.5, 0.6) is 0 Å². The number of rotatable bonds is 1. The van der Waals surface area contributed by atoms with Gasteiger partial charge in [0.05, 0.1) is 11.4 Å². The maximum atomic E-state index is 4.37. The highest BCUT2D eigenvalue weighted by molar-refractivity contribution is 6.00. The molecule has 2 nitrogen and oxygen atoms in total. The Morgan fingerprint density at radius 2 is 1.81 bits per heavy atom. The van der Waals surface area contributed by atoms with Gasteiger partial charge in [-0.2, -0.15) is 0 Å². The summed E-state index contributed by atoms with van der Waals surface area (Å²) in [7, 11) is 0. The van der Waals surface area contributed by atoms with E-state index in [0.29, 0.717) is 0 Å². The topological polar surface area (TPSA) is 25.8 Å². The Bertz CT molecular complexity index is 612. The number of nitrogens with zero attached hydrogens (tertiary/aromatic N) is 2. The van der Waals surface area contributed by atoms with Crippen molar-refractivity contribution in [3.05, 3.63) is 60.6 Å². The van der Waals surface area contributed by atoms with Crippen molar-refractivity contribution >= 4 is 11.6 Å². The first kappa shape index (κ1) is 9.04.